The van der Waals surface area contributed by atoms with E-state index in [1.54, 1.807) is 12.1 Å². The standard InChI is InChI=1S/C32H39FN4O2/c33-25-17-15-23(16-18-25)20-35-21-24(19-30(35)38)32-34-28-13-7-8-14-29(28)36(32)22-31(39)37(26-9-3-1-4-10-26)27-11-5-2-6-12-27/h7-8,13-18,24,26-27H,1-6,9-12,19-22H2. The number of carbonyl (C=O) groups excluding carboxylic acids is 2. The van der Waals surface area contributed by atoms with Crippen molar-refractivity contribution in [2.24, 2.45) is 0 Å². The minimum Gasteiger partial charge on any atom is -0.338 e. The van der Waals surface area contributed by atoms with Crippen molar-refractivity contribution < 1.29 is 14.0 Å². The number of rotatable bonds is 7. The third kappa shape index (κ3) is 5.59. The molecule has 7 heteroatoms. The Kier molecular flexibility index (Phi) is 7.67. The lowest BCUT2D eigenvalue weighted by atomic mass is 9.88. The van der Waals surface area contributed by atoms with Gasteiger partial charge in [-0.2, -0.15) is 0 Å². The summed E-state index contributed by atoms with van der Waals surface area (Å²) < 4.78 is 15.5. The molecule has 1 aliphatic heterocycles. The number of carbonyl (C=O) groups is 2. The number of likely N-dealkylation sites (tertiary alicyclic amines) is 1. The van der Waals surface area contributed by atoms with Crippen LogP contribution in [0.2, 0.25) is 0 Å². The van der Waals surface area contributed by atoms with Crippen LogP contribution in [0.25, 0.3) is 11.0 Å². The summed E-state index contributed by atoms with van der Waals surface area (Å²) in [7, 11) is 0. The average molecular weight is 531 g/mol. The van der Waals surface area contributed by atoms with Crippen LogP contribution in [-0.2, 0) is 22.7 Å². The van der Waals surface area contributed by atoms with Gasteiger partial charge in [-0.15, -0.1) is 0 Å². The first-order valence-corrected chi connectivity index (χ1v) is 14.9. The van der Waals surface area contributed by atoms with E-state index < -0.39 is 0 Å². The predicted molar refractivity (Wildman–Crippen MR) is 149 cm³/mol. The van der Waals surface area contributed by atoms with E-state index in [1.807, 2.05) is 29.2 Å². The molecule has 6 rings (SSSR count). The van der Waals surface area contributed by atoms with Crippen molar-refractivity contribution in [3.05, 3.63) is 65.7 Å². The molecule has 3 aromatic rings. The van der Waals surface area contributed by atoms with Crippen molar-refractivity contribution in [2.45, 2.75) is 102 Å². The van der Waals surface area contributed by atoms with Crippen LogP contribution in [0.1, 0.15) is 87.9 Å². The molecule has 0 bridgehead atoms. The van der Waals surface area contributed by atoms with Gasteiger partial charge in [-0.05, 0) is 55.5 Å². The lowest BCUT2D eigenvalue weighted by molar-refractivity contribution is -0.138. The Bertz CT molecular complexity index is 1290. The van der Waals surface area contributed by atoms with E-state index in [1.165, 1.54) is 50.7 Å². The molecule has 2 aromatic carbocycles. The van der Waals surface area contributed by atoms with Gasteiger partial charge < -0.3 is 14.4 Å². The van der Waals surface area contributed by atoms with Crippen molar-refractivity contribution in [3.8, 4) is 0 Å². The summed E-state index contributed by atoms with van der Waals surface area (Å²) in [6.45, 7) is 1.26. The molecule has 39 heavy (non-hydrogen) atoms. The summed E-state index contributed by atoms with van der Waals surface area (Å²) in [5.41, 5.74) is 2.73. The second-order valence-electron chi connectivity index (χ2n) is 11.7. The first-order chi connectivity index (χ1) is 19.1. The topological polar surface area (TPSA) is 58.4 Å². The maximum Gasteiger partial charge on any atom is 0.243 e. The molecule has 2 aliphatic carbocycles. The fourth-order valence-corrected chi connectivity index (χ4v) is 7.12. The van der Waals surface area contributed by atoms with E-state index in [4.69, 9.17) is 4.98 Å². The first-order valence-electron chi connectivity index (χ1n) is 14.9. The number of hydrogen-bond acceptors (Lipinski definition) is 3. The highest BCUT2D eigenvalue weighted by Crippen LogP contribution is 2.34. The largest absolute Gasteiger partial charge is 0.338 e. The number of imidazole rings is 1. The molecule has 2 amide bonds. The maximum absolute atomic E-state index is 14.2. The minimum absolute atomic E-state index is 0.0697. The lowest BCUT2D eigenvalue weighted by Gasteiger charge is -2.42. The molecule has 1 saturated heterocycles. The molecule has 2 saturated carbocycles. The van der Waals surface area contributed by atoms with E-state index in [-0.39, 0.29) is 30.1 Å². The number of para-hydroxylation sites is 2. The molecule has 3 fully saturated rings. The van der Waals surface area contributed by atoms with Gasteiger partial charge in [0, 0.05) is 37.5 Å². The average Bonchev–Trinajstić information content (AvgIpc) is 3.51. The number of nitrogens with zero attached hydrogens (tertiary/aromatic N) is 4. The predicted octanol–water partition coefficient (Wildman–Crippen LogP) is 6.19. The lowest BCUT2D eigenvalue weighted by Crippen LogP contribution is -2.50. The van der Waals surface area contributed by atoms with Gasteiger partial charge in [0.1, 0.15) is 18.2 Å². The SMILES string of the molecule is O=C1CC(c2nc3ccccc3n2CC(=O)N(C2CCCCC2)C2CCCCC2)CN1Cc1ccc(F)cc1. The Morgan fingerprint density at radius 3 is 2.21 bits per heavy atom. The molecule has 1 unspecified atom stereocenters. The zero-order valence-corrected chi connectivity index (χ0v) is 22.7. The minimum atomic E-state index is -0.279. The van der Waals surface area contributed by atoms with Crippen LogP contribution in [0.3, 0.4) is 0 Å². The van der Waals surface area contributed by atoms with Crippen molar-refractivity contribution in [1.82, 2.24) is 19.4 Å². The van der Waals surface area contributed by atoms with Crippen molar-refractivity contribution in [3.63, 3.8) is 0 Å². The molecular weight excluding hydrogens is 491 g/mol. The first kappa shape index (κ1) is 26.0. The number of fused-ring (bicyclic) bond motifs is 1. The highest BCUT2D eigenvalue weighted by molar-refractivity contribution is 5.83. The number of aromatic nitrogens is 2. The van der Waals surface area contributed by atoms with E-state index >= 15 is 0 Å². The van der Waals surface area contributed by atoms with Crippen LogP contribution in [0, 0.1) is 5.82 Å². The van der Waals surface area contributed by atoms with Crippen LogP contribution in [-0.4, -0.2) is 49.8 Å². The molecule has 206 valence electrons. The third-order valence-corrected chi connectivity index (χ3v) is 9.07. The summed E-state index contributed by atoms with van der Waals surface area (Å²) in [5, 5.41) is 0. The number of hydrogen-bond donors (Lipinski definition) is 0. The monoisotopic (exact) mass is 530 g/mol. The molecule has 1 aromatic heterocycles. The van der Waals surface area contributed by atoms with Crippen molar-refractivity contribution in [1.29, 1.82) is 0 Å². The molecule has 6 nitrogen and oxygen atoms in total. The molecule has 3 aliphatic rings. The van der Waals surface area contributed by atoms with Gasteiger partial charge in [0.05, 0.1) is 11.0 Å². The van der Waals surface area contributed by atoms with Gasteiger partial charge in [0.25, 0.3) is 0 Å². The summed E-state index contributed by atoms with van der Waals surface area (Å²) in [5.74, 6) is 0.729. The molecule has 0 N–H and O–H groups in total. The number of halogens is 1. The van der Waals surface area contributed by atoms with Gasteiger partial charge in [0.15, 0.2) is 0 Å². The second-order valence-corrected chi connectivity index (χ2v) is 11.7. The van der Waals surface area contributed by atoms with Crippen LogP contribution in [0.5, 0.6) is 0 Å². The van der Waals surface area contributed by atoms with Crippen LogP contribution < -0.4 is 0 Å². The molecular formula is C32H39FN4O2. The van der Waals surface area contributed by atoms with E-state index in [0.29, 0.717) is 31.6 Å². The maximum atomic E-state index is 14.2. The zero-order valence-electron chi connectivity index (χ0n) is 22.7. The van der Waals surface area contributed by atoms with E-state index in [0.717, 1.165) is 48.1 Å². The normalized spacial score (nSPS) is 21.1. The van der Waals surface area contributed by atoms with Crippen molar-refractivity contribution in [2.75, 3.05) is 6.54 Å². The van der Waals surface area contributed by atoms with Crippen molar-refractivity contribution >= 4 is 22.8 Å². The molecule has 1 atom stereocenters. The Hall–Kier alpha value is -3.22. The Morgan fingerprint density at radius 1 is 0.897 bits per heavy atom. The Balaban J connectivity index is 1.27. The summed E-state index contributed by atoms with van der Waals surface area (Å²) in [4.78, 5) is 36.3. The van der Waals surface area contributed by atoms with Gasteiger partial charge in [-0.25, -0.2) is 9.37 Å². The van der Waals surface area contributed by atoms with Gasteiger partial charge in [-0.3, -0.25) is 9.59 Å². The van der Waals surface area contributed by atoms with Gasteiger partial charge in [0.2, 0.25) is 11.8 Å². The third-order valence-electron chi connectivity index (χ3n) is 9.07. The molecule has 0 radical (unpaired) electrons. The summed E-state index contributed by atoms with van der Waals surface area (Å²) in [6.07, 6.45) is 12.1. The summed E-state index contributed by atoms with van der Waals surface area (Å²) >= 11 is 0. The zero-order chi connectivity index (χ0) is 26.8. The Labute approximate surface area is 230 Å². The van der Waals surface area contributed by atoms with E-state index in [2.05, 4.69) is 9.47 Å². The highest BCUT2D eigenvalue weighted by atomic mass is 19.1. The van der Waals surface area contributed by atoms with Crippen LogP contribution in [0.4, 0.5) is 4.39 Å². The smallest absolute Gasteiger partial charge is 0.243 e. The fourth-order valence-electron chi connectivity index (χ4n) is 7.12. The number of benzene rings is 2. The van der Waals surface area contributed by atoms with E-state index in [9.17, 15) is 14.0 Å². The van der Waals surface area contributed by atoms with Crippen LogP contribution >= 0.6 is 0 Å². The molecule has 0 spiro atoms. The fraction of sp³-hybridized carbons (Fsp3) is 0.531. The van der Waals surface area contributed by atoms with Gasteiger partial charge in [-0.1, -0.05) is 62.8 Å². The second kappa shape index (κ2) is 11.5. The van der Waals surface area contributed by atoms with Crippen LogP contribution in [0.15, 0.2) is 48.5 Å². The quantitative estimate of drug-likeness (QED) is 0.366. The number of amides is 2. The highest BCUT2D eigenvalue weighted by Gasteiger charge is 2.36. The summed E-state index contributed by atoms with van der Waals surface area (Å²) in [6, 6.07) is 15.0. The van der Waals surface area contributed by atoms with Gasteiger partial charge >= 0.3 is 0 Å². The Morgan fingerprint density at radius 2 is 1.54 bits per heavy atom. The molecule has 2 heterocycles.